The molecule has 3 aromatic rings. The minimum Gasteiger partial charge on any atom is -0.438 e. The summed E-state index contributed by atoms with van der Waals surface area (Å²) in [5.74, 6) is 0.207. The number of furan rings is 1. The van der Waals surface area contributed by atoms with Gasteiger partial charge in [0.2, 0.25) is 5.09 Å². The number of nitrogens with one attached hydrogen (secondary N) is 2. The molecule has 2 aromatic heterocycles. The summed E-state index contributed by atoms with van der Waals surface area (Å²) < 4.78 is 34.0. The van der Waals surface area contributed by atoms with Crippen LogP contribution in [-0.4, -0.2) is 31.4 Å². The standard InChI is InChI=1S/C24H27N3O4S2/c1-14-5-7-20-18(9-14)26-23(32-20)15-10-24(11-15)12-17(13-24)25-22(28)19-6-8-21(31-19)33(29,30)27-16-3-2-4-16/h5-9,15-17,27H,2-4,10-13H2,1H3,(H,25,28). The van der Waals surface area contributed by atoms with E-state index in [-0.39, 0.29) is 28.8 Å². The van der Waals surface area contributed by atoms with Gasteiger partial charge in [-0.1, -0.05) is 12.5 Å². The quantitative estimate of drug-likeness (QED) is 0.536. The molecular weight excluding hydrogens is 458 g/mol. The first-order valence-electron chi connectivity index (χ1n) is 11.6. The summed E-state index contributed by atoms with van der Waals surface area (Å²) in [7, 11) is -3.71. The highest BCUT2D eigenvalue weighted by Gasteiger charge is 2.54. The highest BCUT2D eigenvalue weighted by molar-refractivity contribution is 7.89. The van der Waals surface area contributed by atoms with Gasteiger partial charge in [0.1, 0.15) is 0 Å². The third-order valence-corrected chi connectivity index (χ3v) is 10.1. The van der Waals surface area contributed by atoms with E-state index in [2.05, 4.69) is 35.2 Å². The van der Waals surface area contributed by atoms with Crippen molar-refractivity contribution in [2.24, 2.45) is 5.41 Å². The van der Waals surface area contributed by atoms with Crippen LogP contribution in [0.3, 0.4) is 0 Å². The highest BCUT2D eigenvalue weighted by atomic mass is 32.2. The molecule has 9 heteroatoms. The molecule has 1 aromatic carbocycles. The number of hydrogen-bond acceptors (Lipinski definition) is 6. The Labute approximate surface area is 197 Å². The average molecular weight is 486 g/mol. The molecule has 0 saturated heterocycles. The summed E-state index contributed by atoms with van der Waals surface area (Å²) in [5.41, 5.74) is 2.64. The van der Waals surface area contributed by atoms with Crippen molar-refractivity contribution in [2.75, 3.05) is 0 Å². The van der Waals surface area contributed by atoms with Crippen molar-refractivity contribution in [2.45, 2.75) is 75.0 Å². The fraction of sp³-hybridized carbons (Fsp3) is 0.500. The maximum atomic E-state index is 12.6. The van der Waals surface area contributed by atoms with E-state index in [1.807, 2.05) is 0 Å². The molecule has 2 heterocycles. The number of thiazole rings is 1. The molecule has 174 valence electrons. The van der Waals surface area contributed by atoms with Gasteiger partial charge in [-0.2, -0.15) is 0 Å². The van der Waals surface area contributed by atoms with Crippen LogP contribution in [-0.2, 0) is 10.0 Å². The van der Waals surface area contributed by atoms with Crippen LogP contribution in [0.4, 0.5) is 0 Å². The van der Waals surface area contributed by atoms with Gasteiger partial charge in [-0.3, -0.25) is 4.79 Å². The normalized spacial score (nSPS) is 27.2. The number of sulfonamides is 1. The fourth-order valence-electron chi connectivity index (χ4n) is 5.46. The lowest BCUT2D eigenvalue weighted by Gasteiger charge is -2.57. The summed E-state index contributed by atoms with van der Waals surface area (Å²) >= 11 is 1.80. The lowest BCUT2D eigenvalue weighted by Crippen LogP contribution is -2.55. The molecule has 2 N–H and O–H groups in total. The predicted molar refractivity (Wildman–Crippen MR) is 126 cm³/mol. The van der Waals surface area contributed by atoms with E-state index in [0.29, 0.717) is 11.3 Å². The van der Waals surface area contributed by atoms with Gasteiger partial charge in [0, 0.05) is 18.0 Å². The van der Waals surface area contributed by atoms with Gasteiger partial charge in [0.05, 0.1) is 15.2 Å². The summed E-state index contributed by atoms with van der Waals surface area (Å²) in [6, 6.07) is 9.31. The van der Waals surface area contributed by atoms with Gasteiger partial charge >= 0.3 is 0 Å². The van der Waals surface area contributed by atoms with Gasteiger partial charge < -0.3 is 9.73 Å². The molecule has 1 amide bonds. The number of aromatic nitrogens is 1. The molecule has 7 nitrogen and oxygen atoms in total. The van der Waals surface area contributed by atoms with E-state index in [9.17, 15) is 13.2 Å². The molecule has 3 aliphatic carbocycles. The summed E-state index contributed by atoms with van der Waals surface area (Å²) in [6.45, 7) is 2.09. The zero-order valence-corrected chi connectivity index (χ0v) is 20.1. The number of rotatable bonds is 6. The number of amides is 1. The minimum absolute atomic E-state index is 0.0262. The number of carbonyl (C=O) groups excluding carboxylic acids is 1. The van der Waals surface area contributed by atoms with E-state index in [1.54, 1.807) is 11.3 Å². The molecule has 0 unspecified atom stereocenters. The van der Waals surface area contributed by atoms with Crippen molar-refractivity contribution in [3.63, 3.8) is 0 Å². The topological polar surface area (TPSA) is 101 Å². The first-order chi connectivity index (χ1) is 15.8. The Hall–Kier alpha value is -2.23. The van der Waals surface area contributed by atoms with Crippen molar-refractivity contribution in [3.05, 3.63) is 46.7 Å². The van der Waals surface area contributed by atoms with E-state index in [1.165, 1.54) is 27.4 Å². The van der Waals surface area contributed by atoms with Crippen LogP contribution in [0.25, 0.3) is 10.2 Å². The first kappa shape index (κ1) is 21.3. The van der Waals surface area contributed by atoms with Crippen LogP contribution >= 0.6 is 11.3 Å². The lowest BCUT2D eigenvalue weighted by atomic mass is 9.50. The molecular formula is C24H27N3O4S2. The third kappa shape index (κ3) is 3.90. The van der Waals surface area contributed by atoms with Crippen molar-refractivity contribution in [1.82, 2.24) is 15.0 Å². The van der Waals surface area contributed by atoms with Gasteiger partial charge in [-0.05, 0) is 80.7 Å². The van der Waals surface area contributed by atoms with Crippen molar-refractivity contribution in [3.8, 4) is 0 Å². The Morgan fingerprint density at radius 3 is 2.64 bits per heavy atom. The molecule has 0 bridgehead atoms. The molecule has 33 heavy (non-hydrogen) atoms. The molecule has 0 atom stereocenters. The zero-order valence-electron chi connectivity index (χ0n) is 18.5. The Morgan fingerprint density at radius 1 is 1.12 bits per heavy atom. The maximum Gasteiger partial charge on any atom is 0.287 e. The number of fused-ring (bicyclic) bond motifs is 1. The molecule has 0 radical (unpaired) electrons. The molecule has 0 aliphatic heterocycles. The van der Waals surface area contributed by atoms with E-state index >= 15 is 0 Å². The third-order valence-electron chi connectivity index (χ3n) is 7.46. The Balaban J connectivity index is 1.02. The smallest absolute Gasteiger partial charge is 0.287 e. The summed E-state index contributed by atoms with van der Waals surface area (Å²) in [5, 5.41) is 4.04. The number of aryl methyl sites for hydroxylation is 1. The highest BCUT2D eigenvalue weighted by Crippen LogP contribution is 2.62. The van der Waals surface area contributed by atoms with E-state index < -0.39 is 10.0 Å². The molecule has 3 aliphatic rings. The van der Waals surface area contributed by atoms with E-state index in [4.69, 9.17) is 9.40 Å². The van der Waals surface area contributed by atoms with E-state index in [0.717, 1.165) is 50.5 Å². The Bertz CT molecular complexity index is 1320. The number of hydrogen-bond donors (Lipinski definition) is 2. The van der Waals surface area contributed by atoms with Gasteiger partial charge in [0.15, 0.2) is 5.76 Å². The second-order valence-corrected chi connectivity index (χ2v) is 12.8. The van der Waals surface area contributed by atoms with Crippen LogP contribution in [0.1, 0.15) is 72.0 Å². The molecule has 3 saturated carbocycles. The second-order valence-electron chi connectivity index (χ2n) is 10.1. The van der Waals surface area contributed by atoms with Crippen LogP contribution < -0.4 is 10.0 Å². The predicted octanol–water partition coefficient (Wildman–Crippen LogP) is 4.48. The molecule has 6 rings (SSSR count). The SMILES string of the molecule is Cc1ccc2sc(C3CC4(CC(NC(=O)c5ccc(S(=O)(=O)NC6CCC6)o5)C4)C3)nc2c1. The van der Waals surface area contributed by atoms with Crippen LogP contribution in [0.5, 0.6) is 0 Å². The second kappa shape index (κ2) is 7.65. The fourth-order valence-corrected chi connectivity index (χ4v) is 7.74. The van der Waals surface area contributed by atoms with Crippen molar-refractivity contribution < 1.29 is 17.6 Å². The van der Waals surface area contributed by atoms with Gasteiger partial charge in [0.25, 0.3) is 15.9 Å². The summed E-state index contributed by atoms with van der Waals surface area (Å²) in [6.07, 6.45) is 6.86. The number of benzene rings is 1. The van der Waals surface area contributed by atoms with Gasteiger partial charge in [-0.15, -0.1) is 11.3 Å². The van der Waals surface area contributed by atoms with Crippen molar-refractivity contribution >= 4 is 37.5 Å². The largest absolute Gasteiger partial charge is 0.438 e. The average Bonchev–Trinajstić information content (AvgIpc) is 3.32. The Kier molecular flexibility index (Phi) is 4.94. The number of nitrogens with zero attached hydrogens (tertiary/aromatic N) is 1. The number of carbonyl (C=O) groups is 1. The summed E-state index contributed by atoms with van der Waals surface area (Å²) in [4.78, 5) is 17.4. The van der Waals surface area contributed by atoms with Crippen molar-refractivity contribution in [1.29, 1.82) is 0 Å². The van der Waals surface area contributed by atoms with Crippen LogP contribution in [0, 0.1) is 12.3 Å². The molecule has 1 spiro atoms. The zero-order chi connectivity index (χ0) is 22.8. The minimum atomic E-state index is -3.71. The van der Waals surface area contributed by atoms with Gasteiger partial charge in [-0.25, -0.2) is 18.1 Å². The monoisotopic (exact) mass is 485 g/mol. The van der Waals surface area contributed by atoms with Crippen LogP contribution in [0.15, 0.2) is 39.8 Å². The maximum absolute atomic E-state index is 12.6. The first-order valence-corrected chi connectivity index (χ1v) is 13.9. The molecule has 3 fully saturated rings. The van der Waals surface area contributed by atoms with Crippen LogP contribution in [0.2, 0.25) is 0 Å². The Morgan fingerprint density at radius 2 is 1.91 bits per heavy atom. The lowest BCUT2D eigenvalue weighted by molar-refractivity contribution is -0.0190.